The molecule has 4 nitrogen and oxygen atoms in total. The largest absolute Gasteiger partial charge is 0.469 e. The fourth-order valence-corrected chi connectivity index (χ4v) is 6.92. The maximum atomic E-state index is 13.3. The Morgan fingerprint density at radius 2 is 1.79 bits per heavy atom. The van der Waals surface area contributed by atoms with Gasteiger partial charge in [-0.3, -0.25) is 4.79 Å². The molecular formula is C19H24O4S. The summed E-state index contributed by atoms with van der Waals surface area (Å²) in [6.45, 7) is 4.04. The van der Waals surface area contributed by atoms with E-state index < -0.39 is 20.5 Å². The summed E-state index contributed by atoms with van der Waals surface area (Å²) in [7, 11) is -2.09. The van der Waals surface area contributed by atoms with Crippen LogP contribution in [0.4, 0.5) is 0 Å². The second-order valence-electron chi connectivity index (χ2n) is 6.98. The quantitative estimate of drug-likeness (QED) is 0.619. The van der Waals surface area contributed by atoms with Crippen LogP contribution in [0.2, 0.25) is 0 Å². The van der Waals surface area contributed by atoms with Crippen LogP contribution in [0.3, 0.4) is 0 Å². The Balaban J connectivity index is 2.03. The standard InChI is InChI=1S/C19H24O4S/c1-14-10-12-19(13-11-14)16(18(20)23-2)8-9-17(19)24(21,22)15-6-4-3-5-7-15/h3-7,16-17H,1,8-13H2,2H3/t16-,17-/m1/s1. The van der Waals surface area contributed by atoms with E-state index in [9.17, 15) is 13.2 Å². The molecule has 130 valence electrons. The highest BCUT2D eigenvalue weighted by Gasteiger charge is 2.58. The zero-order valence-electron chi connectivity index (χ0n) is 14.0. The predicted octanol–water partition coefficient (Wildman–Crippen LogP) is 3.53. The molecule has 0 radical (unpaired) electrons. The van der Waals surface area contributed by atoms with Crippen molar-refractivity contribution in [1.82, 2.24) is 0 Å². The second kappa shape index (κ2) is 6.36. The molecule has 5 heteroatoms. The van der Waals surface area contributed by atoms with Crippen LogP contribution in [0.15, 0.2) is 47.4 Å². The average molecular weight is 348 g/mol. The van der Waals surface area contributed by atoms with Crippen LogP contribution in [-0.2, 0) is 19.4 Å². The first kappa shape index (κ1) is 17.2. The minimum Gasteiger partial charge on any atom is -0.469 e. The monoisotopic (exact) mass is 348 g/mol. The minimum atomic E-state index is -3.48. The van der Waals surface area contributed by atoms with Crippen molar-refractivity contribution in [2.24, 2.45) is 11.3 Å². The smallest absolute Gasteiger partial charge is 0.309 e. The Hall–Kier alpha value is -1.62. The lowest BCUT2D eigenvalue weighted by Crippen LogP contribution is -2.45. The molecule has 1 aromatic carbocycles. The van der Waals surface area contributed by atoms with Gasteiger partial charge in [0.2, 0.25) is 0 Å². The Bertz CT molecular complexity index is 726. The molecule has 0 aromatic heterocycles. The first-order valence-corrected chi connectivity index (χ1v) is 10.00. The first-order valence-electron chi connectivity index (χ1n) is 8.45. The molecule has 0 heterocycles. The lowest BCUT2D eigenvalue weighted by molar-refractivity contribution is -0.149. The molecule has 0 saturated heterocycles. The molecule has 24 heavy (non-hydrogen) atoms. The van der Waals surface area contributed by atoms with Gasteiger partial charge in [0.15, 0.2) is 9.84 Å². The van der Waals surface area contributed by atoms with Gasteiger partial charge >= 0.3 is 5.97 Å². The number of allylic oxidation sites excluding steroid dienone is 1. The second-order valence-corrected chi connectivity index (χ2v) is 9.11. The van der Waals surface area contributed by atoms with Gasteiger partial charge in [0.25, 0.3) is 0 Å². The summed E-state index contributed by atoms with van der Waals surface area (Å²) in [5.41, 5.74) is 0.621. The third kappa shape index (κ3) is 2.69. The molecular weight excluding hydrogens is 324 g/mol. The van der Waals surface area contributed by atoms with Gasteiger partial charge in [0, 0.05) is 5.41 Å². The van der Waals surface area contributed by atoms with Gasteiger partial charge in [-0.05, 0) is 50.7 Å². The maximum absolute atomic E-state index is 13.3. The van der Waals surface area contributed by atoms with Gasteiger partial charge in [-0.2, -0.15) is 0 Å². The van der Waals surface area contributed by atoms with E-state index in [0.29, 0.717) is 30.6 Å². The molecule has 2 aliphatic rings. The lowest BCUT2D eigenvalue weighted by atomic mass is 9.66. The molecule has 0 N–H and O–H groups in total. The van der Waals surface area contributed by atoms with Gasteiger partial charge in [0.05, 0.1) is 23.2 Å². The van der Waals surface area contributed by atoms with Crippen molar-refractivity contribution in [2.75, 3.05) is 7.11 Å². The van der Waals surface area contributed by atoms with Gasteiger partial charge in [-0.15, -0.1) is 0 Å². The third-order valence-electron chi connectivity index (χ3n) is 5.87. The number of ether oxygens (including phenoxy) is 1. The molecule has 1 aromatic rings. The van der Waals surface area contributed by atoms with Crippen LogP contribution in [0.5, 0.6) is 0 Å². The van der Waals surface area contributed by atoms with Crippen molar-refractivity contribution in [3.8, 4) is 0 Å². The SMILES string of the molecule is C=C1CCC2(CC1)[C@@H](C(=O)OC)CC[C@H]2S(=O)(=O)c1ccccc1. The number of methoxy groups -OCH3 is 1. The Kier molecular flexibility index (Phi) is 4.56. The summed E-state index contributed by atoms with van der Waals surface area (Å²) in [4.78, 5) is 12.7. The number of sulfone groups is 1. The summed E-state index contributed by atoms with van der Waals surface area (Å²) in [6, 6.07) is 8.60. The van der Waals surface area contributed by atoms with E-state index in [1.807, 2.05) is 6.07 Å². The van der Waals surface area contributed by atoms with E-state index in [1.54, 1.807) is 24.3 Å². The van der Waals surface area contributed by atoms with Crippen molar-refractivity contribution in [3.05, 3.63) is 42.5 Å². The maximum Gasteiger partial charge on any atom is 0.309 e. The molecule has 3 rings (SSSR count). The van der Waals surface area contributed by atoms with Crippen LogP contribution in [0.1, 0.15) is 38.5 Å². The summed E-state index contributed by atoms with van der Waals surface area (Å²) in [5.74, 6) is -0.604. The summed E-state index contributed by atoms with van der Waals surface area (Å²) in [5, 5.41) is -0.524. The predicted molar refractivity (Wildman–Crippen MR) is 92.2 cm³/mol. The first-order chi connectivity index (χ1) is 11.4. The fraction of sp³-hybridized carbons (Fsp3) is 0.526. The van der Waals surface area contributed by atoms with Crippen molar-refractivity contribution in [1.29, 1.82) is 0 Å². The molecule has 0 unspecified atom stereocenters. The Labute approximate surface area is 143 Å². The summed E-state index contributed by atoms with van der Waals surface area (Å²) < 4.78 is 31.5. The van der Waals surface area contributed by atoms with Gasteiger partial charge < -0.3 is 4.74 Å². The average Bonchev–Trinajstić information content (AvgIpc) is 2.97. The molecule has 2 saturated carbocycles. The highest BCUT2D eigenvalue weighted by molar-refractivity contribution is 7.92. The van der Waals surface area contributed by atoms with Crippen LogP contribution in [0.25, 0.3) is 0 Å². The number of hydrogen-bond acceptors (Lipinski definition) is 4. The summed E-state index contributed by atoms with van der Waals surface area (Å²) >= 11 is 0. The van der Waals surface area contributed by atoms with Gasteiger partial charge in [-0.1, -0.05) is 30.4 Å². The zero-order chi connectivity index (χ0) is 17.4. The van der Waals surface area contributed by atoms with Crippen molar-refractivity contribution >= 4 is 15.8 Å². The van der Waals surface area contributed by atoms with Crippen LogP contribution in [0, 0.1) is 11.3 Å². The van der Waals surface area contributed by atoms with Crippen molar-refractivity contribution in [3.63, 3.8) is 0 Å². The third-order valence-corrected chi connectivity index (χ3v) is 8.26. The van der Waals surface area contributed by atoms with E-state index in [0.717, 1.165) is 18.4 Å². The number of hydrogen-bond donors (Lipinski definition) is 0. The number of rotatable bonds is 3. The summed E-state index contributed by atoms with van der Waals surface area (Å²) in [6.07, 6.45) is 4.06. The fourth-order valence-electron chi connectivity index (χ4n) is 4.59. The molecule has 0 amide bonds. The van der Waals surface area contributed by atoms with E-state index in [1.165, 1.54) is 7.11 Å². The van der Waals surface area contributed by atoms with Crippen molar-refractivity contribution < 1.29 is 17.9 Å². The topological polar surface area (TPSA) is 60.4 Å². The molecule has 2 fully saturated rings. The van der Waals surface area contributed by atoms with Crippen LogP contribution >= 0.6 is 0 Å². The minimum absolute atomic E-state index is 0.270. The molecule has 2 atom stereocenters. The van der Waals surface area contributed by atoms with E-state index >= 15 is 0 Å². The molecule has 0 bridgehead atoms. The Morgan fingerprint density at radius 1 is 1.17 bits per heavy atom. The number of benzene rings is 1. The Morgan fingerprint density at radius 3 is 2.38 bits per heavy atom. The number of carbonyl (C=O) groups is 1. The van der Waals surface area contributed by atoms with Gasteiger partial charge in [0.1, 0.15) is 0 Å². The van der Waals surface area contributed by atoms with Gasteiger partial charge in [-0.25, -0.2) is 8.42 Å². The van der Waals surface area contributed by atoms with Crippen molar-refractivity contribution in [2.45, 2.75) is 48.7 Å². The molecule has 2 aliphatic carbocycles. The van der Waals surface area contributed by atoms with E-state index in [-0.39, 0.29) is 11.9 Å². The highest BCUT2D eigenvalue weighted by atomic mass is 32.2. The number of esters is 1. The number of carbonyl (C=O) groups excluding carboxylic acids is 1. The van der Waals surface area contributed by atoms with Crippen LogP contribution in [-0.4, -0.2) is 26.7 Å². The van der Waals surface area contributed by atoms with E-state index in [2.05, 4.69) is 6.58 Å². The normalized spacial score (nSPS) is 26.5. The zero-order valence-corrected chi connectivity index (χ0v) is 14.8. The molecule has 1 spiro atoms. The molecule has 0 aliphatic heterocycles. The lowest BCUT2D eigenvalue weighted by Gasteiger charge is -2.42. The van der Waals surface area contributed by atoms with E-state index in [4.69, 9.17) is 4.74 Å². The van der Waals surface area contributed by atoms with Crippen LogP contribution < -0.4 is 0 Å². The highest BCUT2D eigenvalue weighted by Crippen LogP contribution is 2.57.